The van der Waals surface area contributed by atoms with Crippen molar-refractivity contribution in [2.24, 2.45) is 17.8 Å². The molecule has 2 saturated heterocycles. The third-order valence-corrected chi connectivity index (χ3v) is 7.93. The molecule has 1 aliphatic carbocycles. The van der Waals surface area contributed by atoms with Gasteiger partial charge in [0.25, 0.3) is 0 Å². The monoisotopic (exact) mass is 324 g/mol. The van der Waals surface area contributed by atoms with E-state index in [1.54, 1.807) is 6.92 Å². The van der Waals surface area contributed by atoms with E-state index in [2.05, 4.69) is 47.9 Å². The van der Waals surface area contributed by atoms with Crippen LogP contribution in [0.25, 0.3) is 0 Å². The number of para-hydroxylation sites is 1. The second-order valence-corrected chi connectivity index (χ2v) is 8.58. The maximum Gasteiger partial charge on any atom is 0.224 e. The summed E-state index contributed by atoms with van der Waals surface area (Å²) in [5.41, 5.74) is 2.83. The van der Waals surface area contributed by atoms with Gasteiger partial charge in [-0.3, -0.25) is 9.69 Å². The van der Waals surface area contributed by atoms with Crippen LogP contribution in [0.5, 0.6) is 0 Å². The number of hydrogen-bond acceptors (Lipinski definition) is 2. The largest absolute Gasteiger partial charge is 0.308 e. The van der Waals surface area contributed by atoms with Gasteiger partial charge in [0.2, 0.25) is 5.91 Å². The number of benzene rings is 1. The van der Waals surface area contributed by atoms with E-state index >= 15 is 0 Å². The van der Waals surface area contributed by atoms with Gasteiger partial charge in [0.1, 0.15) is 0 Å². The molecule has 3 fully saturated rings. The molecule has 0 unspecified atom stereocenters. The molecule has 1 aromatic carbocycles. The van der Waals surface area contributed by atoms with Crippen LogP contribution in [0, 0.1) is 17.8 Å². The first-order chi connectivity index (χ1) is 11.6. The highest BCUT2D eigenvalue weighted by Gasteiger charge is 2.67. The average Bonchev–Trinajstić information content (AvgIpc) is 3.12. The summed E-state index contributed by atoms with van der Waals surface area (Å²) in [5.74, 6) is 2.37. The van der Waals surface area contributed by atoms with Crippen LogP contribution >= 0.6 is 0 Å². The van der Waals surface area contributed by atoms with Gasteiger partial charge < -0.3 is 4.90 Å². The van der Waals surface area contributed by atoms with E-state index in [0.717, 1.165) is 11.8 Å². The molecule has 0 aromatic heterocycles. The molecule has 3 aliphatic heterocycles. The van der Waals surface area contributed by atoms with Crippen LogP contribution in [0.2, 0.25) is 0 Å². The standard InChI is InChI=1S/C21H28N2O/c1-4-15-12-22-10-9-21-17-7-5-6-8-18(17)23(14(3)24)20(21)13(2)16(15)11-19(21)22/h5-8,13,15-16,19-20H,4,9-12H2,1-3H3/t13-,15-,16+,19-,20-,21+/m0/s1. The van der Waals surface area contributed by atoms with E-state index in [1.165, 1.54) is 43.6 Å². The molecule has 24 heavy (non-hydrogen) atoms. The van der Waals surface area contributed by atoms with Crippen molar-refractivity contribution in [3.63, 3.8) is 0 Å². The lowest BCUT2D eigenvalue weighted by Crippen LogP contribution is -2.65. The second-order valence-electron chi connectivity index (χ2n) is 8.58. The van der Waals surface area contributed by atoms with Gasteiger partial charge in [-0.2, -0.15) is 0 Å². The highest BCUT2D eigenvalue weighted by Crippen LogP contribution is 2.63. The number of carbonyl (C=O) groups is 1. The summed E-state index contributed by atoms with van der Waals surface area (Å²) < 4.78 is 0. The van der Waals surface area contributed by atoms with Crippen molar-refractivity contribution in [1.82, 2.24) is 4.90 Å². The van der Waals surface area contributed by atoms with Crippen LogP contribution in [-0.2, 0) is 10.2 Å². The molecule has 1 spiro atoms. The van der Waals surface area contributed by atoms with Crippen molar-refractivity contribution < 1.29 is 4.79 Å². The lowest BCUT2D eigenvalue weighted by atomic mass is 9.54. The number of rotatable bonds is 1. The zero-order valence-electron chi connectivity index (χ0n) is 15.0. The molecule has 4 aliphatic rings. The highest BCUT2D eigenvalue weighted by molar-refractivity contribution is 5.96. The lowest BCUT2D eigenvalue weighted by molar-refractivity contribution is -0.118. The normalized spacial score (nSPS) is 42.8. The van der Waals surface area contributed by atoms with Gasteiger partial charge in [-0.1, -0.05) is 38.5 Å². The van der Waals surface area contributed by atoms with Gasteiger partial charge in [-0.25, -0.2) is 0 Å². The van der Waals surface area contributed by atoms with Crippen LogP contribution in [0.3, 0.4) is 0 Å². The molecule has 128 valence electrons. The molecule has 1 saturated carbocycles. The van der Waals surface area contributed by atoms with E-state index in [1.807, 2.05) is 0 Å². The number of amides is 1. The Kier molecular flexibility index (Phi) is 3.02. The molecule has 1 amide bonds. The van der Waals surface area contributed by atoms with Crippen molar-refractivity contribution in [1.29, 1.82) is 0 Å². The van der Waals surface area contributed by atoms with Crippen molar-refractivity contribution >= 4 is 11.6 Å². The Hall–Kier alpha value is -1.35. The Balaban J connectivity index is 1.73. The Morgan fingerprint density at radius 1 is 1.33 bits per heavy atom. The zero-order chi connectivity index (χ0) is 16.6. The van der Waals surface area contributed by atoms with Gasteiger partial charge in [-0.15, -0.1) is 0 Å². The number of nitrogens with zero attached hydrogens (tertiary/aromatic N) is 2. The number of piperidine rings is 1. The quantitative estimate of drug-likeness (QED) is 0.790. The van der Waals surface area contributed by atoms with Crippen LogP contribution in [0.1, 0.15) is 45.6 Å². The van der Waals surface area contributed by atoms with Gasteiger partial charge in [-0.05, 0) is 48.8 Å². The van der Waals surface area contributed by atoms with Crippen LogP contribution < -0.4 is 4.90 Å². The Morgan fingerprint density at radius 3 is 2.88 bits per heavy atom. The predicted molar refractivity (Wildman–Crippen MR) is 96.1 cm³/mol. The molecule has 3 nitrogen and oxygen atoms in total. The first-order valence-corrected chi connectivity index (χ1v) is 9.73. The summed E-state index contributed by atoms with van der Waals surface area (Å²) in [5, 5.41) is 0. The number of hydrogen-bond donors (Lipinski definition) is 0. The molecular weight excluding hydrogens is 296 g/mol. The fourth-order valence-electron chi connectivity index (χ4n) is 7.10. The minimum atomic E-state index is 0.177. The average molecular weight is 324 g/mol. The fourth-order valence-corrected chi connectivity index (χ4v) is 7.10. The van der Waals surface area contributed by atoms with E-state index < -0.39 is 0 Å². The van der Waals surface area contributed by atoms with E-state index in [0.29, 0.717) is 18.0 Å². The predicted octanol–water partition coefficient (Wildman–Crippen LogP) is 3.43. The summed E-state index contributed by atoms with van der Waals surface area (Å²) in [6.07, 6.45) is 3.82. The summed E-state index contributed by atoms with van der Waals surface area (Å²) >= 11 is 0. The Bertz CT molecular complexity index is 701. The maximum atomic E-state index is 12.7. The minimum Gasteiger partial charge on any atom is -0.308 e. The second kappa shape index (κ2) is 4.85. The van der Waals surface area contributed by atoms with E-state index in [-0.39, 0.29) is 11.3 Å². The van der Waals surface area contributed by atoms with Crippen molar-refractivity contribution in [3.8, 4) is 0 Å². The first-order valence-electron chi connectivity index (χ1n) is 9.73. The Morgan fingerprint density at radius 2 is 2.12 bits per heavy atom. The molecule has 5 rings (SSSR count). The highest BCUT2D eigenvalue weighted by atomic mass is 16.2. The van der Waals surface area contributed by atoms with Crippen molar-refractivity contribution in [2.45, 2.75) is 57.5 Å². The molecule has 1 aromatic rings. The van der Waals surface area contributed by atoms with E-state index in [9.17, 15) is 4.79 Å². The molecule has 6 atom stereocenters. The summed E-state index contributed by atoms with van der Waals surface area (Å²) in [6.45, 7) is 9.02. The topological polar surface area (TPSA) is 23.6 Å². The van der Waals surface area contributed by atoms with Gasteiger partial charge in [0, 0.05) is 30.6 Å². The molecule has 2 bridgehead atoms. The summed E-state index contributed by atoms with van der Waals surface area (Å²) in [6, 6.07) is 9.76. The molecule has 3 heteroatoms. The van der Waals surface area contributed by atoms with Crippen LogP contribution in [-0.4, -0.2) is 36.0 Å². The lowest BCUT2D eigenvalue weighted by Gasteiger charge is -2.57. The third-order valence-electron chi connectivity index (χ3n) is 7.93. The van der Waals surface area contributed by atoms with Crippen molar-refractivity contribution in [3.05, 3.63) is 29.8 Å². The van der Waals surface area contributed by atoms with Gasteiger partial charge in [0.05, 0.1) is 6.04 Å². The molecule has 0 radical (unpaired) electrons. The number of anilines is 1. The number of carbonyl (C=O) groups excluding carboxylic acids is 1. The first kappa shape index (κ1) is 14.9. The SMILES string of the molecule is CC[C@H]1CN2CC[C@]34c5ccccc5N(C(C)=O)[C@H]3[C@@H](C)[C@H]1C[C@H]24. The van der Waals surface area contributed by atoms with Gasteiger partial charge >= 0.3 is 0 Å². The zero-order valence-corrected chi connectivity index (χ0v) is 15.0. The van der Waals surface area contributed by atoms with Gasteiger partial charge in [0.15, 0.2) is 0 Å². The third kappa shape index (κ3) is 1.55. The smallest absolute Gasteiger partial charge is 0.224 e. The molecular formula is C21H28N2O. The van der Waals surface area contributed by atoms with Crippen molar-refractivity contribution in [2.75, 3.05) is 18.0 Å². The summed E-state index contributed by atoms with van der Waals surface area (Å²) in [4.78, 5) is 17.6. The fraction of sp³-hybridized carbons (Fsp3) is 0.667. The van der Waals surface area contributed by atoms with E-state index in [4.69, 9.17) is 0 Å². The summed E-state index contributed by atoms with van der Waals surface area (Å²) in [7, 11) is 0. The van der Waals surface area contributed by atoms with Crippen LogP contribution in [0.4, 0.5) is 5.69 Å². The number of fused-ring (bicyclic) bond motifs is 2. The Labute approximate surface area is 145 Å². The minimum absolute atomic E-state index is 0.177. The maximum absolute atomic E-state index is 12.7. The molecule has 0 N–H and O–H groups in total. The van der Waals surface area contributed by atoms with Crippen LogP contribution in [0.15, 0.2) is 24.3 Å². The molecule has 3 heterocycles.